The summed E-state index contributed by atoms with van der Waals surface area (Å²) in [6, 6.07) is 7.90. The summed E-state index contributed by atoms with van der Waals surface area (Å²) in [6.45, 7) is 0.498. The summed E-state index contributed by atoms with van der Waals surface area (Å²) in [7, 11) is 0. The molecule has 0 bridgehead atoms. The lowest BCUT2D eigenvalue weighted by Gasteiger charge is -2.18. The number of hydrogen-bond acceptors (Lipinski definition) is 6. The summed E-state index contributed by atoms with van der Waals surface area (Å²) in [4.78, 5) is 18.8. The highest BCUT2D eigenvalue weighted by molar-refractivity contribution is 5.93. The van der Waals surface area contributed by atoms with E-state index in [1.165, 1.54) is 6.07 Å². The lowest BCUT2D eigenvalue weighted by Crippen LogP contribution is -2.24. The molecule has 1 aliphatic heterocycles. The molecule has 3 N–H and O–H groups in total. The maximum atomic E-state index is 14.0. The Morgan fingerprint density at radius 1 is 1.10 bits per heavy atom. The summed E-state index contributed by atoms with van der Waals surface area (Å²) in [5.74, 6) is -2.92. The molecule has 1 fully saturated rings. The topological polar surface area (TPSA) is 107 Å². The third kappa shape index (κ3) is 4.51. The number of nitrogens with zero attached hydrogens (tertiary/aromatic N) is 5. The number of aromatic nitrogens is 6. The van der Waals surface area contributed by atoms with Crippen molar-refractivity contribution in [3.63, 3.8) is 0 Å². The molecule has 1 saturated heterocycles. The zero-order chi connectivity index (χ0) is 27.4. The van der Waals surface area contributed by atoms with Crippen molar-refractivity contribution in [3.8, 4) is 28.5 Å². The molecular formula is C29H24F3N7O. The SMILES string of the molecule is Oc1cc(F)cc(C2CC=Cc3nc(-c4n[nH]c5cnc(-c6cncc(CN7CCC(F)(F)C7)c6)cc45)[nH]c32)c1. The molecule has 8 nitrogen and oxygen atoms in total. The summed E-state index contributed by atoms with van der Waals surface area (Å²) >= 11 is 0. The highest BCUT2D eigenvalue weighted by Gasteiger charge is 2.38. The third-order valence-electron chi connectivity index (χ3n) is 7.48. The van der Waals surface area contributed by atoms with Crippen LogP contribution in [0.25, 0.3) is 39.8 Å². The Morgan fingerprint density at radius 3 is 2.83 bits per heavy atom. The van der Waals surface area contributed by atoms with Crippen LogP contribution in [0.15, 0.2) is 55.0 Å². The molecule has 0 amide bonds. The van der Waals surface area contributed by atoms with Gasteiger partial charge in [-0.15, -0.1) is 0 Å². The number of halogens is 3. The Bertz CT molecular complexity index is 1760. The van der Waals surface area contributed by atoms with Gasteiger partial charge in [-0.05, 0) is 47.9 Å². The number of imidazole rings is 1. The van der Waals surface area contributed by atoms with Gasteiger partial charge < -0.3 is 10.1 Å². The van der Waals surface area contributed by atoms with E-state index < -0.39 is 11.7 Å². The number of pyridine rings is 2. The molecular weight excluding hydrogens is 519 g/mol. The molecule has 2 aliphatic rings. The van der Waals surface area contributed by atoms with Gasteiger partial charge in [0.1, 0.15) is 17.3 Å². The fourth-order valence-corrected chi connectivity index (χ4v) is 5.61. The maximum absolute atomic E-state index is 14.0. The van der Waals surface area contributed by atoms with Crippen LogP contribution >= 0.6 is 0 Å². The minimum Gasteiger partial charge on any atom is -0.508 e. The van der Waals surface area contributed by atoms with Gasteiger partial charge in [0.15, 0.2) is 5.82 Å². The van der Waals surface area contributed by atoms with Gasteiger partial charge in [0.2, 0.25) is 0 Å². The Kier molecular flexibility index (Phi) is 5.70. The van der Waals surface area contributed by atoms with Gasteiger partial charge in [0.25, 0.3) is 5.92 Å². The number of phenols is 1. The van der Waals surface area contributed by atoms with Crippen LogP contribution in [0.3, 0.4) is 0 Å². The van der Waals surface area contributed by atoms with E-state index in [2.05, 4.69) is 25.1 Å². The summed E-state index contributed by atoms with van der Waals surface area (Å²) in [6.07, 6.45) is 9.48. The molecule has 0 radical (unpaired) electrons. The van der Waals surface area contributed by atoms with Crippen LogP contribution in [0.1, 0.15) is 41.3 Å². The average Bonchev–Trinajstić information content (AvgIpc) is 3.63. The van der Waals surface area contributed by atoms with Gasteiger partial charge >= 0.3 is 0 Å². The number of fused-ring (bicyclic) bond motifs is 2. The highest BCUT2D eigenvalue weighted by Crippen LogP contribution is 2.38. The molecule has 40 heavy (non-hydrogen) atoms. The van der Waals surface area contributed by atoms with E-state index in [9.17, 15) is 18.3 Å². The average molecular weight is 544 g/mol. The van der Waals surface area contributed by atoms with Crippen molar-refractivity contribution < 1.29 is 18.3 Å². The normalized spacial score (nSPS) is 18.4. The fourth-order valence-electron chi connectivity index (χ4n) is 5.61. The predicted molar refractivity (Wildman–Crippen MR) is 143 cm³/mol. The lowest BCUT2D eigenvalue weighted by molar-refractivity contribution is 0.0115. The Balaban J connectivity index is 1.21. The van der Waals surface area contributed by atoms with E-state index >= 15 is 0 Å². The first kappa shape index (κ1) is 24.5. The number of phenolic OH excluding ortho intramolecular Hbond substituents is 1. The minimum absolute atomic E-state index is 0.124. The van der Waals surface area contributed by atoms with E-state index in [4.69, 9.17) is 4.98 Å². The zero-order valence-electron chi connectivity index (χ0n) is 21.2. The first-order valence-corrected chi connectivity index (χ1v) is 13.0. The Hall–Kier alpha value is -4.51. The van der Waals surface area contributed by atoms with Crippen LogP contribution in [-0.2, 0) is 6.54 Å². The second-order valence-electron chi connectivity index (χ2n) is 10.4. The van der Waals surface area contributed by atoms with Crippen LogP contribution in [0.5, 0.6) is 5.75 Å². The van der Waals surface area contributed by atoms with E-state index in [0.717, 1.165) is 39.5 Å². The van der Waals surface area contributed by atoms with Crippen molar-refractivity contribution in [2.24, 2.45) is 0 Å². The molecule has 1 atom stereocenters. The van der Waals surface area contributed by atoms with Gasteiger partial charge in [-0.25, -0.2) is 18.2 Å². The fraction of sp³-hybridized carbons (Fsp3) is 0.241. The lowest BCUT2D eigenvalue weighted by atomic mass is 9.88. The van der Waals surface area contributed by atoms with Crippen molar-refractivity contribution in [1.82, 2.24) is 35.0 Å². The molecule has 4 aromatic heterocycles. The number of rotatable bonds is 5. The first-order valence-electron chi connectivity index (χ1n) is 13.0. The van der Waals surface area contributed by atoms with Gasteiger partial charge in [0, 0.05) is 54.8 Å². The number of nitrogens with one attached hydrogen (secondary N) is 2. The number of benzene rings is 1. The molecule has 7 rings (SSSR count). The number of aromatic amines is 2. The van der Waals surface area contributed by atoms with Gasteiger partial charge in [-0.3, -0.25) is 20.0 Å². The number of allylic oxidation sites excluding steroid dienone is 1. The number of likely N-dealkylation sites (tertiary alicyclic amines) is 1. The summed E-state index contributed by atoms with van der Waals surface area (Å²) in [5, 5.41) is 18.2. The monoisotopic (exact) mass is 543 g/mol. The standard InChI is InChI=1S/C29H24F3N7O/c30-19-7-17(8-20(40)9-19)21-2-1-3-23-26(21)36-28(35-23)27-22-10-24(34-13-25(22)37-38-27)18-6-16(11-33-12-18)14-39-5-4-29(31,32)15-39/h1,3,6-13,21,40H,2,4-5,14-15H2,(H,35,36)(H,37,38). The van der Waals surface area contributed by atoms with Gasteiger partial charge in [-0.1, -0.05) is 6.08 Å². The quantitative estimate of drug-likeness (QED) is 0.265. The second kappa shape index (κ2) is 9.30. The third-order valence-corrected chi connectivity index (χ3v) is 7.48. The van der Waals surface area contributed by atoms with E-state index in [1.807, 2.05) is 24.3 Å². The van der Waals surface area contributed by atoms with Crippen LogP contribution in [-0.4, -0.2) is 59.2 Å². The molecule has 1 unspecified atom stereocenters. The first-order chi connectivity index (χ1) is 19.3. The molecule has 1 aromatic carbocycles. The van der Waals surface area contributed by atoms with Crippen LogP contribution in [0, 0.1) is 5.82 Å². The largest absolute Gasteiger partial charge is 0.508 e. The Labute approximate surface area is 226 Å². The van der Waals surface area contributed by atoms with Crippen LogP contribution in [0.4, 0.5) is 13.2 Å². The predicted octanol–water partition coefficient (Wildman–Crippen LogP) is 5.64. The van der Waals surface area contributed by atoms with Gasteiger partial charge in [-0.2, -0.15) is 5.10 Å². The Morgan fingerprint density at radius 2 is 2.00 bits per heavy atom. The zero-order valence-corrected chi connectivity index (χ0v) is 21.2. The minimum atomic E-state index is -2.64. The smallest absolute Gasteiger partial charge is 0.261 e. The number of alkyl halides is 2. The molecule has 5 aromatic rings. The van der Waals surface area contributed by atoms with E-state index in [0.29, 0.717) is 42.3 Å². The molecule has 0 saturated carbocycles. The molecule has 11 heteroatoms. The number of hydrogen-bond donors (Lipinski definition) is 3. The van der Waals surface area contributed by atoms with Crippen molar-refractivity contribution >= 4 is 17.0 Å². The molecule has 202 valence electrons. The van der Waals surface area contributed by atoms with Crippen molar-refractivity contribution in [2.75, 3.05) is 13.1 Å². The summed E-state index contributed by atoms with van der Waals surface area (Å²) < 4.78 is 41.3. The second-order valence-corrected chi connectivity index (χ2v) is 10.4. The van der Waals surface area contributed by atoms with Crippen molar-refractivity contribution in [3.05, 3.63) is 83.3 Å². The molecule has 1 aliphatic carbocycles. The maximum Gasteiger partial charge on any atom is 0.261 e. The van der Waals surface area contributed by atoms with E-state index in [-0.39, 0.29) is 24.6 Å². The van der Waals surface area contributed by atoms with Crippen LogP contribution < -0.4 is 0 Å². The molecule has 5 heterocycles. The number of aromatic hydroxyl groups is 1. The highest BCUT2D eigenvalue weighted by atomic mass is 19.3. The van der Waals surface area contributed by atoms with Crippen molar-refractivity contribution in [1.29, 1.82) is 0 Å². The number of H-pyrrole nitrogens is 2. The molecule has 0 spiro atoms. The summed E-state index contributed by atoms with van der Waals surface area (Å²) in [5.41, 5.74) is 5.79. The van der Waals surface area contributed by atoms with E-state index in [1.54, 1.807) is 29.6 Å². The van der Waals surface area contributed by atoms with Crippen LogP contribution in [0.2, 0.25) is 0 Å². The van der Waals surface area contributed by atoms with Gasteiger partial charge in [0.05, 0.1) is 35.3 Å². The van der Waals surface area contributed by atoms with Crippen molar-refractivity contribution in [2.45, 2.75) is 31.2 Å².